The SMILES string of the molecule is CN(Cc1ccccc1Br)C(=O)C1CC=CC1. The number of amides is 1. The van der Waals surface area contributed by atoms with Crippen LogP contribution in [0.25, 0.3) is 0 Å². The number of benzene rings is 1. The molecule has 1 aromatic rings. The van der Waals surface area contributed by atoms with Crippen LogP contribution in [-0.2, 0) is 11.3 Å². The summed E-state index contributed by atoms with van der Waals surface area (Å²) < 4.78 is 1.06. The minimum Gasteiger partial charge on any atom is -0.341 e. The van der Waals surface area contributed by atoms with E-state index in [2.05, 4.69) is 28.1 Å². The standard InChI is InChI=1S/C14H16BrNO/c1-16(14(17)11-6-2-3-7-11)10-12-8-4-5-9-13(12)15/h2-5,8-9,11H,6-7,10H2,1H3. The minimum absolute atomic E-state index is 0.155. The summed E-state index contributed by atoms with van der Waals surface area (Å²) in [5, 5.41) is 0. The zero-order chi connectivity index (χ0) is 12.3. The molecule has 3 heteroatoms. The molecule has 0 heterocycles. The average molecular weight is 294 g/mol. The van der Waals surface area contributed by atoms with Crippen molar-refractivity contribution in [3.8, 4) is 0 Å². The van der Waals surface area contributed by atoms with Crippen molar-refractivity contribution in [1.29, 1.82) is 0 Å². The molecule has 0 saturated carbocycles. The number of hydrogen-bond donors (Lipinski definition) is 0. The van der Waals surface area contributed by atoms with Crippen LogP contribution in [0.15, 0.2) is 40.9 Å². The molecule has 1 aliphatic rings. The lowest BCUT2D eigenvalue weighted by atomic mass is 10.1. The van der Waals surface area contributed by atoms with Crippen LogP contribution < -0.4 is 0 Å². The van der Waals surface area contributed by atoms with E-state index in [-0.39, 0.29) is 11.8 Å². The van der Waals surface area contributed by atoms with Crippen molar-refractivity contribution in [1.82, 2.24) is 4.90 Å². The van der Waals surface area contributed by atoms with Gasteiger partial charge in [0.2, 0.25) is 5.91 Å². The number of rotatable bonds is 3. The van der Waals surface area contributed by atoms with Crippen LogP contribution >= 0.6 is 15.9 Å². The third-order valence-corrected chi connectivity index (χ3v) is 3.87. The molecule has 90 valence electrons. The first-order valence-corrected chi connectivity index (χ1v) is 6.61. The second-order valence-electron chi connectivity index (χ2n) is 4.43. The third kappa shape index (κ3) is 2.97. The zero-order valence-corrected chi connectivity index (χ0v) is 11.5. The van der Waals surface area contributed by atoms with Crippen LogP contribution in [0.2, 0.25) is 0 Å². The van der Waals surface area contributed by atoms with Crippen molar-refractivity contribution in [2.45, 2.75) is 19.4 Å². The number of carbonyl (C=O) groups is 1. The molecule has 0 radical (unpaired) electrons. The summed E-state index contributed by atoms with van der Waals surface area (Å²) >= 11 is 3.51. The fraction of sp³-hybridized carbons (Fsp3) is 0.357. The van der Waals surface area contributed by atoms with Gasteiger partial charge in [0.25, 0.3) is 0 Å². The predicted molar refractivity (Wildman–Crippen MR) is 72.5 cm³/mol. The number of halogens is 1. The maximum absolute atomic E-state index is 12.1. The van der Waals surface area contributed by atoms with Gasteiger partial charge in [0.05, 0.1) is 0 Å². The summed E-state index contributed by atoms with van der Waals surface area (Å²) in [6.07, 6.45) is 5.96. The van der Waals surface area contributed by atoms with Crippen LogP contribution in [0, 0.1) is 5.92 Å². The summed E-state index contributed by atoms with van der Waals surface area (Å²) in [7, 11) is 1.88. The smallest absolute Gasteiger partial charge is 0.226 e. The quantitative estimate of drug-likeness (QED) is 0.783. The van der Waals surface area contributed by atoms with Crippen molar-refractivity contribution < 1.29 is 4.79 Å². The highest BCUT2D eigenvalue weighted by Gasteiger charge is 2.22. The van der Waals surface area contributed by atoms with Crippen LogP contribution in [-0.4, -0.2) is 17.9 Å². The van der Waals surface area contributed by atoms with Gasteiger partial charge in [-0.1, -0.05) is 46.3 Å². The Bertz CT molecular complexity index is 434. The first kappa shape index (κ1) is 12.4. The van der Waals surface area contributed by atoms with Gasteiger partial charge in [-0.05, 0) is 24.5 Å². The molecule has 0 spiro atoms. The summed E-state index contributed by atoms with van der Waals surface area (Å²) in [6, 6.07) is 8.03. The Morgan fingerprint density at radius 1 is 1.35 bits per heavy atom. The Morgan fingerprint density at radius 3 is 2.65 bits per heavy atom. The lowest BCUT2D eigenvalue weighted by molar-refractivity contribution is -0.134. The summed E-state index contributed by atoms with van der Waals surface area (Å²) in [5.74, 6) is 0.397. The van der Waals surface area contributed by atoms with Crippen molar-refractivity contribution in [2.24, 2.45) is 5.92 Å². The average Bonchev–Trinajstić information content (AvgIpc) is 2.84. The van der Waals surface area contributed by atoms with E-state index in [9.17, 15) is 4.79 Å². The number of allylic oxidation sites excluding steroid dienone is 2. The molecule has 0 aliphatic heterocycles. The van der Waals surface area contributed by atoms with E-state index in [1.807, 2.05) is 36.2 Å². The van der Waals surface area contributed by atoms with Crippen molar-refractivity contribution in [3.63, 3.8) is 0 Å². The first-order chi connectivity index (χ1) is 8.18. The molecule has 1 amide bonds. The molecule has 1 aromatic carbocycles. The van der Waals surface area contributed by atoms with Gasteiger partial charge in [-0.3, -0.25) is 4.79 Å². The Balaban J connectivity index is 1.99. The van der Waals surface area contributed by atoms with Gasteiger partial charge in [0.15, 0.2) is 0 Å². The van der Waals surface area contributed by atoms with E-state index in [0.29, 0.717) is 6.54 Å². The van der Waals surface area contributed by atoms with E-state index < -0.39 is 0 Å². The van der Waals surface area contributed by atoms with Crippen LogP contribution in [0.3, 0.4) is 0 Å². The van der Waals surface area contributed by atoms with E-state index in [4.69, 9.17) is 0 Å². The zero-order valence-electron chi connectivity index (χ0n) is 9.90. The van der Waals surface area contributed by atoms with Crippen LogP contribution in [0.4, 0.5) is 0 Å². The minimum atomic E-state index is 0.155. The monoisotopic (exact) mass is 293 g/mol. The molecule has 0 atom stereocenters. The largest absolute Gasteiger partial charge is 0.341 e. The fourth-order valence-electron chi connectivity index (χ4n) is 2.09. The number of nitrogens with zero attached hydrogens (tertiary/aromatic N) is 1. The van der Waals surface area contributed by atoms with E-state index in [1.54, 1.807) is 0 Å². The highest BCUT2D eigenvalue weighted by Crippen LogP contribution is 2.22. The molecule has 17 heavy (non-hydrogen) atoms. The molecule has 0 fully saturated rings. The van der Waals surface area contributed by atoms with Gasteiger partial charge < -0.3 is 4.90 Å². The lowest BCUT2D eigenvalue weighted by Crippen LogP contribution is -2.31. The maximum Gasteiger partial charge on any atom is 0.226 e. The maximum atomic E-state index is 12.1. The second kappa shape index (κ2) is 5.50. The molecular formula is C14H16BrNO. The summed E-state index contributed by atoms with van der Waals surface area (Å²) in [5.41, 5.74) is 1.15. The van der Waals surface area contributed by atoms with Gasteiger partial charge >= 0.3 is 0 Å². The first-order valence-electron chi connectivity index (χ1n) is 5.82. The molecule has 0 saturated heterocycles. The Labute approximate surface area is 110 Å². The lowest BCUT2D eigenvalue weighted by Gasteiger charge is -2.21. The van der Waals surface area contributed by atoms with E-state index >= 15 is 0 Å². The van der Waals surface area contributed by atoms with Gasteiger partial charge in [0, 0.05) is 24.0 Å². The fourth-order valence-corrected chi connectivity index (χ4v) is 2.50. The van der Waals surface area contributed by atoms with Crippen molar-refractivity contribution in [3.05, 3.63) is 46.5 Å². The second-order valence-corrected chi connectivity index (χ2v) is 5.28. The predicted octanol–water partition coefficient (Wildman–Crippen LogP) is 3.37. The van der Waals surface area contributed by atoms with Gasteiger partial charge in [-0.25, -0.2) is 0 Å². The third-order valence-electron chi connectivity index (χ3n) is 3.10. The Hall–Kier alpha value is -1.09. The Kier molecular flexibility index (Phi) is 4.00. The molecule has 0 aromatic heterocycles. The highest BCUT2D eigenvalue weighted by molar-refractivity contribution is 9.10. The van der Waals surface area contributed by atoms with Crippen molar-refractivity contribution in [2.75, 3.05) is 7.05 Å². The van der Waals surface area contributed by atoms with Gasteiger partial charge in [-0.2, -0.15) is 0 Å². The molecule has 0 unspecified atom stereocenters. The molecule has 2 rings (SSSR count). The van der Waals surface area contributed by atoms with E-state index in [0.717, 1.165) is 22.9 Å². The highest BCUT2D eigenvalue weighted by atomic mass is 79.9. The molecule has 0 N–H and O–H groups in total. The molecular weight excluding hydrogens is 278 g/mol. The number of hydrogen-bond acceptors (Lipinski definition) is 1. The van der Waals surface area contributed by atoms with Crippen LogP contribution in [0.1, 0.15) is 18.4 Å². The van der Waals surface area contributed by atoms with Crippen molar-refractivity contribution >= 4 is 21.8 Å². The van der Waals surface area contributed by atoms with E-state index in [1.165, 1.54) is 0 Å². The summed E-state index contributed by atoms with van der Waals surface area (Å²) in [4.78, 5) is 13.9. The topological polar surface area (TPSA) is 20.3 Å². The van der Waals surface area contributed by atoms with Crippen LogP contribution in [0.5, 0.6) is 0 Å². The van der Waals surface area contributed by atoms with Gasteiger partial charge in [-0.15, -0.1) is 0 Å². The Morgan fingerprint density at radius 2 is 2.00 bits per heavy atom. The normalized spacial score (nSPS) is 15.2. The molecule has 2 nitrogen and oxygen atoms in total. The molecule has 0 bridgehead atoms. The molecule has 1 aliphatic carbocycles. The van der Waals surface area contributed by atoms with Gasteiger partial charge in [0.1, 0.15) is 0 Å². The summed E-state index contributed by atoms with van der Waals surface area (Å²) in [6.45, 7) is 0.663. The number of carbonyl (C=O) groups excluding carboxylic acids is 1.